The standard InChI is InChI=1S/C7H14OS2/c1-3-7(4-8-2)5-9-10-6-7/h3-6H2,1-2H3. The average molecular weight is 178 g/mol. The van der Waals surface area contributed by atoms with Gasteiger partial charge >= 0.3 is 0 Å². The summed E-state index contributed by atoms with van der Waals surface area (Å²) in [6, 6.07) is 0. The molecule has 1 aliphatic heterocycles. The highest BCUT2D eigenvalue weighted by Gasteiger charge is 2.33. The molecule has 1 fully saturated rings. The minimum absolute atomic E-state index is 0.490. The lowest BCUT2D eigenvalue weighted by molar-refractivity contribution is 0.109. The topological polar surface area (TPSA) is 9.23 Å². The number of hydrogen-bond acceptors (Lipinski definition) is 3. The van der Waals surface area contributed by atoms with E-state index in [1.54, 1.807) is 7.11 Å². The van der Waals surface area contributed by atoms with Crippen molar-refractivity contribution in [1.82, 2.24) is 0 Å². The van der Waals surface area contributed by atoms with Crippen molar-refractivity contribution < 1.29 is 4.74 Å². The first-order valence-corrected chi connectivity index (χ1v) is 6.05. The maximum absolute atomic E-state index is 5.19. The Morgan fingerprint density at radius 2 is 2.00 bits per heavy atom. The summed E-state index contributed by atoms with van der Waals surface area (Å²) in [7, 11) is 5.76. The molecule has 1 heterocycles. The van der Waals surface area contributed by atoms with Gasteiger partial charge in [-0.1, -0.05) is 28.5 Å². The Hall–Kier alpha value is 0.660. The normalized spacial score (nSPS) is 23.4. The molecule has 0 aliphatic carbocycles. The third kappa shape index (κ3) is 1.83. The molecule has 1 aliphatic rings. The molecule has 0 atom stereocenters. The van der Waals surface area contributed by atoms with E-state index in [0.29, 0.717) is 5.41 Å². The number of hydrogen-bond donors (Lipinski definition) is 0. The molecule has 0 radical (unpaired) electrons. The zero-order chi connectivity index (χ0) is 7.45. The second-order valence-corrected chi connectivity index (χ2v) is 5.27. The van der Waals surface area contributed by atoms with Gasteiger partial charge in [-0.3, -0.25) is 0 Å². The van der Waals surface area contributed by atoms with Gasteiger partial charge in [0, 0.05) is 24.0 Å². The monoisotopic (exact) mass is 178 g/mol. The van der Waals surface area contributed by atoms with Gasteiger partial charge in [-0.05, 0) is 6.42 Å². The Morgan fingerprint density at radius 3 is 2.40 bits per heavy atom. The summed E-state index contributed by atoms with van der Waals surface area (Å²) in [5, 5.41) is 0. The van der Waals surface area contributed by atoms with Crippen LogP contribution in [0.15, 0.2) is 0 Å². The summed E-state index contributed by atoms with van der Waals surface area (Å²) < 4.78 is 5.19. The molecule has 10 heavy (non-hydrogen) atoms. The molecule has 1 rings (SSSR count). The summed E-state index contributed by atoms with van der Waals surface area (Å²) in [5.41, 5.74) is 0.490. The molecular weight excluding hydrogens is 164 g/mol. The second-order valence-electron chi connectivity index (χ2n) is 2.81. The van der Waals surface area contributed by atoms with Crippen LogP contribution in [-0.2, 0) is 4.74 Å². The molecule has 0 amide bonds. The van der Waals surface area contributed by atoms with Gasteiger partial charge in [0.05, 0.1) is 6.61 Å². The molecule has 0 bridgehead atoms. The van der Waals surface area contributed by atoms with E-state index in [4.69, 9.17) is 4.74 Å². The number of methoxy groups -OCH3 is 1. The van der Waals surface area contributed by atoms with Gasteiger partial charge in [0.2, 0.25) is 0 Å². The van der Waals surface area contributed by atoms with Crippen LogP contribution in [0.3, 0.4) is 0 Å². The maximum Gasteiger partial charge on any atom is 0.0535 e. The van der Waals surface area contributed by atoms with Crippen LogP contribution in [0.25, 0.3) is 0 Å². The van der Waals surface area contributed by atoms with E-state index in [2.05, 4.69) is 6.92 Å². The van der Waals surface area contributed by atoms with Gasteiger partial charge in [0.15, 0.2) is 0 Å². The zero-order valence-electron chi connectivity index (χ0n) is 6.55. The molecule has 0 aromatic heterocycles. The van der Waals surface area contributed by atoms with E-state index in [1.807, 2.05) is 21.6 Å². The smallest absolute Gasteiger partial charge is 0.0535 e. The van der Waals surface area contributed by atoms with E-state index in [9.17, 15) is 0 Å². The van der Waals surface area contributed by atoms with Crippen LogP contribution in [0, 0.1) is 5.41 Å². The van der Waals surface area contributed by atoms with E-state index in [-0.39, 0.29) is 0 Å². The third-order valence-electron chi connectivity index (χ3n) is 2.01. The molecule has 0 aromatic rings. The first kappa shape index (κ1) is 8.75. The molecule has 0 spiro atoms. The van der Waals surface area contributed by atoms with Gasteiger partial charge in [-0.15, -0.1) is 0 Å². The van der Waals surface area contributed by atoms with Crippen LogP contribution >= 0.6 is 21.6 Å². The van der Waals surface area contributed by atoms with Crippen LogP contribution in [0.5, 0.6) is 0 Å². The van der Waals surface area contributed by atoms with Crippen LogP contribution in [0.2, 0.25) is 0 Å². The Labute approximate surface area is 70.7 Å². The predicted molar refractivity (Wildman–Crippen MR) is 49.5 cm³/mol. The van der Waals surface area contributed by atoms with Crippen molar-refractivity contribution in [3.05, 3.63) is 0 Å². The molecule has 3 heteroatoms. The van der Waals surface area contributed by atoms with Crippen molar-refractivity contribution in [3.8, 4) is 0 Å². The van der Waals surface area contributed by atoms with Crippen LogP contribution in [0.1, 0.15) is 13.3 Å². The van der Waals surface area contributed by atoms with Crippen molar-refractivity contribution >= 4 is 21.6 Å². The quantitative estimate of drug-likeness (QED) is 0.614. The molecular formula is C7H14OS2. The van der Waals surface area contributed by atoms with Crippen molar-refractivity contribution in [1.29, 1.82) is 0 Å². The van der Waals surface area contributed by atoms with Crippen LogP contribution in [-0.4, -0.2) is 25.2 Å². The molecule has 1 nitrogen and oxygen atoms in total. The van der Waals surface area contributed by atoms with Crippen molar-refractivity contribution in [2.45, 2.75) is 13.3 Å². The lowest BCUT2D eigenvalue weighted by Crippen LogP contribution is -2.27. The fourth-order valence-electron chi connectivity index (χ4n) is 1.07. The number of ether oxygens (including phenoxy) is 1. The highest BCUT2D eigenvalue weighted by atomic mass is 33.1. The van der Waals surface area contributed by atoms with Gasteiger partial charge in [-0.25, -0.2) is 0 Å². The average Bonchev–Trinajstić information content (AvgIpc) is 2.39. The second kappa shape index (κ2) is 3.88. The molecule has 0 unspecified atom stereocenters. The summed E-state index contributed by atoms with van der Waals surface area (Å²) in [4.78, 5) is 0. The Bertz CT molecular complexity index is 99.8. The van der Waals surface area contributed by atoms with E-state index in [0.717, 1.165) is 6.61 Å². The summed E-state index contributed by atoms with van der Waals surface area (Å²) in [6.07, 6.45) is 1.25. The molecule has 60 valence electrons. The Kier molecular flexibility index (Phi) is 3.40. The van der Waals surface area contributed by atoms with Gasteiger partial charge in [-0.2, -0.15) is 0 Å². The van der Waals surface area contributed by atoms with E-state index < -0.39 is 0 Å². The first-order chi connectivity index (χ1) is 4.83. The Balaban J connectivity index is 2.41. The van der Waals surface area contributed by atoms with Crippen LogP contribution < -0.4 is 0 Å². The predicted octanol–water partition coefficient (Wildman–Crippen LogP) is 2.42. The summed E-state index contributed by atoms with van der Waals surface area (Å²) >= 11 is 0. The molecule has 1 saturated heterocycles. The van der Waals surface area contributed by atoms with Crippen LogP contribution in [0.4, 0.5) is 0 Å². The Morgan fingerprint density at radius 1 is 1.40 bits per heavy atom. The highest BCUT2D eigenvalue weighted by Crippen LogP contribution is 2.45. The van der Waals surface area contributed by atoms with Gasteiger partial charge in [0.1, 0.15) is 0 Å². The zero-order valence-corrected chi connectivity index (χ0v) is 8.19. The largest absolute Gasteiger partial charge is 0.384 e. The van der Waals surface area contributed by atoms with Crippen molar-refractivity contribution in [2.75, 3.05) is 25.2 Å². The number of rotatable bonds is 3. The lowest BCUT2D eigenvalue weighted by Gasteiger charge is -2.23. The van der Waals surface area contributed by atoms with E-state index >= 15 is 0 Å². The fourth-order valence-corrected chi connectivity index (χ4v) is 4.65. The first-order valence-electron chi connectivity index (χ1n) is 3.56. The lowest BCUT2D eigenvalue weighted by atomic mass is 9.91. The van der Waals surface area contributed by atoms with Gasteiger partial charge in [0.25, 0.3) is 0 Å². The summed E-state index contributed by atoms with van der Waals surface area (Å²) in [6.45, 7) is 3.19. The van der Waals surface area contributed by atoms with Crippen molar-refractivity contribution in [2.24, 2.45) is 5.41 Å². The maximum atomic E-state index is 5.19. The van der Waals surface area contributed by atoms with Gasteiger partial charge < -0.3 is 4.74 Å². The highest BCUT2D eigenvalue weighted by molar-refractivity contribution is 8.77. The molecule has 0 aromatic carbocycles. The SMILES string of the molecule is CCC1(COC)CSSC1. The molecule has 0 saturated carbocycles. The van der Waals surface area contributed by atoms with Crippen molar-refractivity contribution in [3.63, 3.8) is 0 Å². The minimum Gasteiger partial charge on any atom is -0.384 e. The third-order valence-corrected chi connectivity index (χ3v) is 4.85. The molecule has 0 N–H and O–H groups in total. The van der Waals surface area contributed by atoms with E-state index in [1.165, 1.54) is 17.9 Å². The minimum atomic E-state index is 0.490. The summed E-state index contributed by atoms with van der Waals surface area (Å²) in [5.74, 6) is 2.53. The fraction of sp³-hybridized carbons (Fsp3) is 1.00.